The van der Waals surface area contributed by atoms with Gasteiger partial charge in [0.1, 0.15) is 0 Å². The van der Waals surface area contributed by atoms with Crippen LogP contribution < -0.4 is 5.43 Å². The van der Waals surface area contributed by atoms with E-state index in [0.29, 0.717) is 4.88 Å². The van der Waals surface area contributed by atoms with E-state index < -0.39 is 0 Å². The minimum Gasteiger partial charge on any atom is -0.266 e. The van der Waals surface area contributed by atoms with Crippen LogP contribution in [0, 0.1) is 6.92 Å². The molecule has 0 saturated carbocycles. The number of thioether (sulfide) groups is 1. The summed E-state index contributed by atoms with van der Waals surface area (Å²) in [7, 11) is 0. The van der Waals surface area contributed by atoms with Crippen LogP contribution in [-0.2, 0) is 0 Å². The standard InChI is InChI=1S/C14H14N2OS2/c1-10-7-8-19-13(10)14(17)16-15-9-11-3-5-12(18-2)6-4-11/h3-9H,1-2H3,(H,16,17)/b15-9-. The van der Waals surface area contributed by atoms with E-state index in [-0.39, 0.29) is 5.91 Å². The summed E-state index contributed by atoms with van der Waals surface area (Å²) in [5, 5.41) is 5.87. The van der Waals surface area contributed by atoms with Gasteiger partial charge in [-0.15, -0.1) is 23.1 Å². The molecule has 1 aromatic heterocycles. The molecule has 1 heterocycles. The van der Waals surface area contributed by atoms with Crippen molar-refractivity contribution in [3.63, 3.8) is 0 Å². The van der Waals surface area contributed by atoms with Crippen molar-refractivity contribution in [1.29, 1.82) is 0 Å². The van der Waals surface area contributed by atoms with Gasteiger partial charge in [0, 0.05) is 4.90 Å². The van der Waals surface area contributed by atoms with E-state index in [9.17, 15) is 4.79 Å². The number of hydrogen-bond acceptors (Lipinski definition) is 4. The average molecular weight is 290 g/mol. The van der Waals surface area contributed by atoms with Crippen LogP contribution in [-0.4, -0.2) is 18.4 Å². The Bertz CT molecular complexity index is 588. The van der Waals surface area contributed by atoms with Gasteiger partial charge in [-0.1, -0.05) is 12.1 Å². The fraction of sp³-hybridized carbons (Fsp3) is 0.143. The summed E-state index contributed by atoms with van der Waals surface area (Å²) >= 11 is 3.11. The lowest BCUT2D eigenvalue weighted by Gasteiger charge is -1.99. The number of carbonyl (C=O) groups excluding carboxylic acids is 1. The van der Waals surface area contributed by atoms with E-state index in [1.54, 1.807) is 18.0 Å². The predicted octanol–water partition coefficient (Wildman–Crippen LogP) is 3.54. The first kappa shape index (κ1) is 13.8. The Morgan fingerprint density at radius 2 is 2.05 bits per heavy atom. The molecule has 1 N–H and O–H groups in total. The Labute approximate surface area is 120 Å². The topological polar surface area (TPSA) is 41.5 Å². The number of nitrogens with one attached hydrogen (secondary N) is 1. The van der Waals surface area contributed by atoms with Gasteiger partial charge in [-0.2, -0.15) is 5.10 Å². The zero-order valence-corrected chi connectivity index (χ0v) is 12.3. The second kappa shape index (κ2) is 6.54. The van der Waals surface area contributed by atoms with E-state index in [4.69, 9.17) is 0 Å². The molecule has 0 fully saturated rings. The van der Waals surface area contributed by atoms with Crippen LogP contribution in [0.5, 0.6) is 0 Å². The van der Waals surface area contributed by atoms with E-state index in [1.165, 1.54) is 16.2 Å². The molecule has 3 nitrogen and oxygen atoms in total. The molecule has 19 heavy (non-hydrogen) atoms. The highest BCUT2D eigenvalue weighted by Gasteiger charge is 2.08. The maximum atomic E-state index is 11.8. The fourth-order valence-electron chi connectivity index (χ4n) is 1.51. The molecule has 0 aliphatic carbocycles. The van der Waals surface area contributed by atoms with Gasteiger partial charge >= 0.3 is 0 Å². The van der Waals surface area contributed by atoms with Gasteiger partial charge in [-0.25, -0.2) is 5.43 Å². The average Bonchev–Trinajstić information content (AvgIpc) is 2.86. The first-order chi connectivity index (χ1) is 9.20. The van der Waals surface area contributed by atoms with Gasteiger partial charge in [0.2, 0.25) is 0 Å². The molecule has 0 bridgehead atoms. The van der Waals surface area contributed by atoms with Crippen LogP contribution in [0.25, 0.3) is 0 Å². The third kappa shape index (κ3) is 3.68. The van der Waals surface area contributed by atoms with Gasteiger partial charge < -0.3 is 0 Å². The Kier molecular flexibility index (Phi) is 4.76. The van der Waals surface area contributed by atoms with Gasteiger partial charge in [0.25, 0.3) is 5.91 Å². The summed E-state index contributed by atoms with van der Waals surface area (Å²) < 4.78 is 0. The lowest BCUT2D eigenvalue weighted by atomic mass is 10.2. The first-order valence-electron chi connectivity index (χ1n) is 5.72. The van der Waals surface area contributed by atoms with Crippen LogP contribution in [0.2, 0.25) is 0 Å². The molecule has 1 aromatic carbocycles. The lowest BCUT2D eigenvalue weighted by Crippen LogP contribution is -2.17. The fourth-order valence-corrected chi connectivity index (χ4v) is 2.73. The number of nitrogens with zero attached hydrogens (tertiary/aromatic N) is 1. The normalized spacial score (nSPS) is 10.8. The van der Waals surface area contributed by atoms with Crippen molar-refractivity contribution in [3.05, 3.63) is 51.7 Å². The molecule has 0 saturated heterocycles. The summed E-state index contributed by atoms with van der Waals surface area (Å²) in [4.78, 5) is 13.7. The van der Waals surface area contributed by atoms with E-state index in [1.807, 2.05) is 48.9 Å². The SMILES string of the molecule is CSc1ccc(/C=N\NC(=O)c2sccc2C)cc1. The third-order valence-electron chi connectivity index (χ3n) is 2.56. The van der Waals surface area contributed by atoms with E-state index in [0.717, 1.165) is 11.1 Å². The third-order valence-corrected chi connectivity index (χ3v) is 4.32. The number of hydrogen-bond donors (Lipinski definition) is 1. The van der Waals surface area contributed by atoms with Crippen LogP contribution in [0.4, 0.5) is 0 Å². The molecule has 2 rings (SSSR count). The molecule has 5 heteroatoms. The van der Waals surface area contributed by atoms with Crippen molar-refractivity contribution in [2.45, 2.75) is 11.8 Å². The van der Waals surface area contributed by atoms with Crippen LogP contribution in [0.3, 0.4) is 0 Å². The largest absolute Gasteiger partial charge is 0.281 e. The minimum atomic E-state index is -0.163. The summed E-state index contributed by atoms with van der Waals surface area (Å²) in [6.07, 6.45) is 3.68. The quantitative estimate of drug-likeness (QED) is 0.531. The smallest absolute Gasteiger partial charge is 0.266 e. The van der Waals surface area contributed by atoms with Crippen LogP contribution >= 0.6 is 23.1 Å². The van der Waals surface area contributed by atoms with Crippen molar-refractivity contribution < 1.29 is 4.79 Å². The second-order valence-corrected chi connectivity index (χ2v) is 5.70. The number of hydrazone groups is 1. The number of aryl methyl sites for hydroxylation is 1. The van der Waals surface area contributed by atoms with Crippen molar-refractivity contribution in [3.8, 4) is 0 Å². The summed E-state index contributed by atoms with van der Waals surface area (Å²) in [6.45, 7) is 1.91. The number of benzene rings is 1. The second-order valence-electron chi connectivity index (χ2n) is 3.91. The number of carbonyl (C=O) groups is 1. The maximum absolute atomic E-state index is 11.8. The highest BCUT2D eigenvalue weighted by atomic mass is 32.2. The lowest BCUT2D eigenvalue weighted by molar-refractivity contribution is 0.0958. The summed E-state index contributed by atoms with van der Waals surface area (Å²) in [5.41, 5.74) is 4.47. The number of amides is 1. The highest BCUT2D eigenvalue weighted by molar-refractivity contribution is 7.98. The highest BCUT2D eigenvalue weighted by Crippen LogP contribution is 2.15. The van der Waals surface area contributed by atoms with E-state index >= 15 is 0 Å². The molecular formula is C14H14N2OS2. The Morgan fingerprint density at radius 3 is 2.63 bits per heavy atom. The van der Waals surface area contributed by atoms with Crippen LogP contribution in [0.1, 0.15) is 20.8 Å². The van der Waals surface area contributed by atoms with Gasteiger partial charge in [0.15, 0.2) is 0 Å². The molecule has 0 spiro atoms. The van der Waals surface area contributed by atoms with Crippen molar-refractivity contribution in [2.75, 3.05) is 6.26 Å². The molecule has 0 atom stereocenters. The summed E-state index contributed by atoms with van der Waals surface area (Å²) in [5.74, 6) is -0.163. The van der Waals surface area contributed by atoms with Gasteiger partial charge in [-0.05, 0) is 47.9 Å². The van der Waals surface area contributed by atoms with Gasteiger partial charge in [-0.3, -0.25) is 4.79 Å². The maximum Gasteiger partial charge on any atom is 0.281 e. The van der Waals surface area contributed by atoms with E-state index in [2.05, 4.69) is 10.5 Å². The Balaban J connectivity index is 1.96. The van der Waals surface area contributed by atoms with Gasteiger partial charge in [0.05, 0.1) is 11.1 Å². The minimum absolute atomic E-state index is 0.163. The van der Waals surface area contributed by atoms with Crippen molar-refractivity contribution in [1.82, 2.24) is 5.43 Å². The Hall–Kier alpha value is -1.59. The molecule has 1 amide bonds. The van der Waals surface area contributed by atoms with Crippen molar-refractivity contribution >= 4 is 35.2 Å². The molecular weight excluding hydrogens is 276 g/mol. The Morgan fingerprint density at radius 1 is 1.32 bits per heavy atom. The zero-order valence-electron chi connectivity index (χ0n) is 10.7. The monoisotopic (exact) mass is 290 g/mol. The zero-order chi connectivity index (χ0) is 13.7. The predicted molar refractivity (Wildman–Crippen MR) is 82.3 cm³/mol. The van der Waals surface area contributed by atoms with Crippen LogP contribution in [0.15, 0.2) is 45.7 Å². The number of thiophene rings is 1. The molecule has 0 aliphatic heterocycles. The molecule has 2 aromatic rings. The van der Waals surface area contributed by atoms with Crippen molar-refractivity contribution in [2.24, 2.45) is 5.10 Å². The molecule has 0 unspecified atom stereocenters. The first-order valence-corrected chi connectivity index (χ1v) is 7.82. The summed E-state index contributed by atoms with van der Waals surface area (Å²) in [6, 6.07) is 9.91. The number of rotatable bonds is 4. The molecule has 0 radical (unpaired) electrons. The molecule has 0 aliphatic rings. The molecule has 98 valence electrons.